The van der Waals surface area contributed by atoms with E-state index in [0.29, 0.717) is 24.0 Å². The molecule has 1 unspecified atom stereocenters. The van der Waals surface area contributed by atoms with E-state index >= 15 is 0 Å². The number of aromatic hydroxyl groups is 1. The lowest BCUT2D eigenvalue weighted by Crippen LogP contribution is -2.50. The van der Waals surface area contributed by atoms with E-state index in [-0.39, 0.29) is 23.7 Å². The monoisotopic (exact) mass is 458 g/mol. The van der Waals surface area contributed by atoms with Gasteiger partial charge in [0.15, 0.2) is 0 Å². The molecule has 1 N–H and O–H groups in total. The van der Waals surface area contributed by atoms with Crippen molar-refractivity contribution in [3.05, 3.63) is 46.1 Å². The predicted molar refractivity (Wildman–Crippen MR) is 129 cm³/mol. The van der Waals surface area contributed by atoms with Crippen molar-refractivity contribution in [3.8, 4) is 11.5 Å². The summed E-state index contributed by atoms with van der Waals surface area (Å²) >= 11 is 0. The van der Waals surface area contributed by atoms with Gasteiger partial charge in [-0.05, 0) is 71.4 Å². The van der Waals surface area contributed by atoms with Crippen LogP contribution in [0.25, 0.3) is 0 Å². The van der Waals surface area contributed by atoms with Gasteiger partial charge in [-0.3, -0.25) is 0 Å². The van der Waals surface area contributed by atoms with Crippen molar-refractivity contribution in [1.82, 2.24) is 0 Å². The first-order chi connectivity index (χ1) is 15.6. The number of phenols is 1. The topological polar surface area (TPSA) is 82.1 Å². The number of carbonyl (C=O) groups is 2. The van der Waals surface area contributed by atoms with Crippen molar-refractivity contribution in [2.45, 2.75) is 92.3 Å². The average Bonchev–Trinajstić information content (AvgIpc) is 2.73. The molecule has 0 aliphatic carbocycles. The number of hydrogen-bond donors (Lipinski definition) is 1. The molecular formula is C27H38O6. The molecule has 6 heteroatoms. The Balaban J connectivity index is 2.46. The van der Waals surface area contributed by atoms with Crippen molar-refractivity contribution in [1.29, 1.82) is 0 Å². The van der Waals surface area contributed by atoms with Crippen LogP contribution in [-0.2, 0) is 27.1 Å². The number of allylic oxidation sites excluding steroid dienone is 4. The van der Waals surface area contributed by atoms with E-state index in [9.17, 15) is 14.7 Å². The van der Waals surface area contributed by atoms with Crippen molar-refractivity contribution in [3.63, 3.8) is 0 Å². The number of benzene rings is 1. The molecule has 1 atom stereocenters. The highest BCUT2D eigenvalue weighted by atomic mass is 16.8. The molecule has 1 aromatic carbocycles. The summed E-state index contributed by atoms with van der Waals surface area (Å²) in [5, 5.41) is 10.9. The molecule has 1 aliphatic rings. The third-order valence-electron chi connectivity index (χ3n) is 5.67. The smallest absolute Gasteiger partial charge is 0.392 e. The summed E-state index contributed by atoms with van der Waals surface area (Å²) < 4.78 is 16.5. The van der Waals surface area contributed by atoms with Crippen LogP contribution in [0.15, 0.2) is 29.4 Å². The third kappa shape index (κ3) is 6.86. The van der Waals surface area contributed by atoms with Crippen LogP contribution in [0.1, 0.15) is 95.1 Å². The van der Waals surface area contributed by atoms with Crippen LogP contribution in [-0.4, -0.2) is 29.4 Å². The lowest BCUT2D eigenvalue weighted by Gasteiger charge is -2.34. The molecule has 182 valence electrons. The van der Waals surface area contributed by atoms with E-state index < -0.39 is 17.7 Å². The summed E-state index contributed by atoms with van der Waals surface area (Å²) in [5.41, 5.74) is 3.87. The number of cyclic esters (lactones) is 1. The van der Waals surface area contributed by atoms with Crippen LogP contribution in [0.3, 0.4) is 0 Å². The first kappa shape index (κ1) is 26.5. The Bertz CT molecular complexity index is 923. The molecule has 0 spiro atoms. The Morgan fingerprint density at radius 2 is 1.88 bits per heavy atom. The van der Waals surface area contributed by atoms with Crippen LogP contribution >= 0.6 is 0 Å². The molecule has 0 bridgehead atoms. The van der Waals surface area contributed by atoms with E-state index in [1.165, 1.54) is 18.1 Å². The number of ether oxygens (including phenoxy) is 3. The first-order valence-corrected chi connectivity index (χ1v) is 11.9. The second-order valence-corrected chi connectivity index (χ2v) is 8.93. The number of esters is 2. The van der Waals surface area contributed by atoms with Gasteiger partial charge in [0.2, 0.25) is 0 Å². The summed E-state index contributed by atoms with van der Waals surface area (Å²) in [5.74, 6) is -3.05. The van der Waals surface area contributed by atoms with Crippen LogP contribution in [0, 0.1) is 0 Å². The van der Waals surface area contributed by atoms with Crippen LogP contribution in [0.2, 0.25) is 0 Å². The van der Waals surface area contributed by atoms with Gasteiger partial charge in [0, 0.05) is 12.5 Å². The molecule has 0 aromatic heterocycles. The number of carbonyl (C=O) groups excluding carboxylic acids is 2. The van der Waals surface area contributed by atoms with Crippen LogP contribution in [0.4, 0.5) is 0 Å². The minimum atomic E-state index is -1.90. The minimum Gasteiger partial charge on any atom is -0.508 e. The fourth-order valence-corrected chi connectivity index (χ4v) is 3.79. The van der Waals surface area contributed by atoms with Gasteiger partial charge >= 0.3 is 17.7 Å². The zero-order valence-electron chi connectivity index (χ0n) is 20.9. The highest BCUT2D eigenvalue weighted by molar-refractivity contribution is 5.99. The van der Waals surface area contributed by atoms with Crippen molar-refractivity contribution < 1.29 is 28.9 Å². The van der Waals surface area contributed by atoms with Gasteiger partial charge in [-0.25, -0.2) is 9.59 Å². The summed E-state index contributed by atoms with van der Waals surface area (Å²) in [7, 11) is 0. The molecule has 2 rings (SSSR count). The molecule has 1 heterocycles. The van der Waals surface area contributed by atoms with E-state index in [0.717, 1.165) is 32.1 Å². The SMILES string of the molecule is CCCCCc1cc(O)c(CC=C(C)CCC=C(C)C)c2c1C(=O)OC(C)(C(=O)OCC)O2. The van der Waals surface area contributed by atoms with Gasteiger partial charge in [0.1, 0.15) is 17.1 Å². The number of unbranched alkanes of at least 4 members (excludes halogenated alkanes) is 2. The molecule has 1 aromatic rings. The van der Waals surface area contributed by atoms with Gasteiger partial charge in [-0.2, -0.15) is 0 Å². The zero-order chi connectivity index (χ0) is 24.6. The Morgan fingerprint density at radius 1 is 1.15 bits per heavy atom. The molecule has 6 nitrogen and oxygen atoms in total. The standard InChI is InChI=1S/C27H38O6/c1-7-9-10-14-20-17-22(28)21(16-15-19(5)13-11-12-18(3)4)24-23(20)25(29)33-27(6,32-24)26(30)31-8-2/h12,15,17,28H,7-11,13-14,16H2,1-6H3. The lowest BCUT2D eigenvalue weighted by atomic mass is 9.93. The molecule has 1 aliphatic heterocycles. The van der Waals surface area contributed by atoms with Crippen LogP contribution < -0.4 is 4.74 Å². The summed E-state index contributed by atoms with van der Waals surface area (Å²) in [6, 6.07) is 1.63. The maximum absolute atomic E-state index is 13.1. The summed E-state index contributed by atoms with van der Waals surface area (Å²) in [6.07, 6.45) is 9.93. The highest BCUT2D eigenvalue weighted by Crippen LogP contribution is 2.42. The Morgan fingerprint density at radius 3 is 2.52 bits per heavy atom. The highest BCUT2D eigenvalue weighted by Gasteiger charge is 2.48. The van der Waals surface area contributed by atoms with E-state index in [1.54, 1.807) is 13.0 Å². The Hall–Kier alpha value is -2.76. The Labute approximate surface area is 197 Å². The minimum absolute atomic E-state index is 0.0505. The first-order valence-electron chi connectivity index (χ1n) is 11.9. The fourth-order valence-electron chi connectivity index (χ4n) is 3.79. The van der Waals surface area contributed by atoms with Gasteiger partial charge in [0.05, 0.1) is 6.61 Å². The molecule has 0 saturated heterocycles. The maximum Gasteiger partial charge on any atom is 0.392 e. The van der Waals surface area contributed by atoms with E-state index in [1.807, 2.05) is 13.0 Å². The maximum atomic E-state index is 13.1. The van der Waals surface area contributed by atoms with E-state index in [4.69, 9.17) is 14.2 Å². The quantitative estimate of drug-likeness (QED) is 0.242. The normalized spacial score (nSPS) is 17.6. The largest absolute Gasteiger partial charge is 0.508 e. The van der Waals surface area contributed by atoms with E-state index in [2.05, 4.69) is 26.8 Å². The molecular weight excluding hydrogens is 420 g/mol. The third-order valence-corrected chi connectivity index (χ3v) is 5.67. The number of rotatable bonds is 11. The lowest BCUT2D eigenvalue weighted by molar-refractivity contribution is -0.198. The average molecular weight is 459 g/mol. The molecule has 0 radical (unpaired) electrons. The van der Waals surface area contributed by atoms with Gasteiger partial charge in [-0.15, -0.1) is 0 Å². The summed E-state index contributed by atoms with van der Waals surface area (Å²) in [4.78, 5) is 25.6. The van der Waals surface area contributed by atoms with Gasteiger partial charge in [-0.1, -0.05) is 43.1 Å². The number of phenolic OH excluding ortho intramolecular Hbond substituents is 1. The van der Waals surface area contributed by atoms with Crippen molar-refractivity contribution in [2.75, 3.05) is 6.61 Å². The fraction of sp³-hybridized carbons (Fsp3) is 0.556. The van der Waals surface area contributed by atoms with Gasteiger partial charge < -0.3 is 19.3 Å². The van der Waals surface area contributed by atoms with Crippen molar-refractivity contribution >= 4 is 11.9 Å². The molecule has 0 saturated carbocycles. The predicted octanol–water partition coefficient (Wildman–Crippen LogP) is 6.19. The van der Waals surface area contributed by atoms with Gasteiger partial charge in [0.25, 0.3) is 0 Å². The Kier molecular flexibility index (Phi) is 9.56. The second-order valence-electron chi connectivity index (χ2n) is 8.93. The van der Waals surface area contributed by atoms with Crippen molar-refractivity contribution in [2.24, 2.45) is 0 Å². The zero-order valence-corrected chi connectivity index (χ0v) is 20.9. The second kappa shape index (κ2) is 11.9. The number of aryl methyl sites for hydroxylation is 1. The number of fused-ring (bicyclic) bond motifs is 1. The number of hydrogen-bond acceptors (Lipinski definition) is 6. The molecule has 33 heavy (non-hydrogen) atoms. The van der Waals surface area contributed by atoms with Crippen LogP contribution in [0.5, 0.6) is 11.5 Å². The molecule has 0 amide bonds. The molecule has 0 fully saturated rings. The summed E-state index contributed by atoms with van der Waals surface area (Å²) in [6.45, 7) is 11.5.